The zero-order chi connectivity index (χ0) is 30.8. The van der Waals surface area contributed by atoms with Crippen molar-refractivity contribution in [3.05, 3.63) is 113 Å². The number of aryl methyl sites for hydroxylation is 2. The number of furan rings is 1. The van der Waals surface area contributed by atoms with Crippen LogP contribution in [0.2, 0.25) is 0 Å². The molecule has 2 aromatic heterocycles. The molecule has 0 amide bonds. The smallest absolute Gasteiger partial charge is 0.219 e. The van der Waals surface area contributed by atoms with E-state index in [1.54, 1.807) is 12.1 Å². The summed E-state index contributed by atoms with van der Waals surface area (Å²) in [5.74, 6) is -0.605. The summed E-state index contributed by atoms with van der Waals surface area (Å²) >= 11 is 0. The number of nitrogens with zero attached hydrogens (tertiary/aromatic N) is 1. The highest BCUT2D eigenvalue weighted by Gasteiger charge is 2.28. The zero-order valence-corrected chi connectivity index (χ0v) is 26.2. The number of pyridine rings is 1. The summed E-state index contributed by atoms with van der Waals surface area (Å²) in [4.78, 5) is 0. The van der Waals surface area contributed by atoms with Gasteiger partial charge < -0.3 is 4.42 Å². The third-order valence-electron chi connectivity index (χ3n) is 8.51. The van der Waals surface area contributed by atoms with Crippen molar-refractivity contribution in [2.24, 2.45) is 7.05 Å². The molecule has 0 aliphatic carbocycles. The topological polar surface area (TPSA) is 17.0 Å². The van der Waals surface area contributed by atoms with Gasteiger partial charge in [-0.15, -0.1) is 0 Å². The minimum absolute atomic E-state index is 0.0883. The molecule has 4 aromatic carbocycles. The van der Waals surface area contributed by atoms with E-state index in [2.05, 4.69) is 45.0 Å². The molecule has 0 saturated heterocycles. The Hall–Kier alpha value is -4.31. The van der Waals surface area contributed by atoms with Crippen LogP contribution in [-0.2, 0) is 17.9 Å². The Morgan fingerprint density at radius 3 is 1.72 bits per heavy atom. The average molecular weight is 575 g/mol. The molecule has 43 heavy (non-hydrogen) atoms. The molecule has 6 aromatic rings. The molecule has 0 aliphatic heterocycles. The number of benzene rings is 4. The van der Waals surface area contributed by atoms with Crippen LogP contribution in [0.5, 0.6) is 0 Å². The molecule has 0 spiro atoms. The molecule has 0 radical (unpaired) electrons. The van der Waals surface area contributed by atoms with E-state index in [1.807, 2.05) is 81.9 Å². The van der Waals surface area contributed by atoms with Crippen LogP contribution < -0.4 is 4.57 Å². The van der Waals surface area contributed by atoms with Crippen molar-refractivity contribution in [2.45, 2.75) is 59.3 Å². The molecule has 0 aliphatic rings. The highest BCUT2D eigenvalue weighted by atomic mass is 19.1. The molecule has 0 saturated carbocycles. The molecule has 0 fully saturated rings. The summed E-state index contributed by atoms with van der Waals surface area (Å²) in [5.41, 5.74) is 8.58. The minimum Gasteiger partial charge on any atom is -0.454 e. The summed E-state index contributed by atoms with van der Waals surface area (Å²) in [5, 5.41) is 1.69. The lowest BCUT2D eigenvalue weighted by Crippen LogP contribution is -2.34. The van der Waals surface area contributed by atoms with Crippen LogP contribution >= 0.6 is 0 Å². The quantitative estimate of drug-likeness (QED) is 0.192. The predicted octanol–water partition coefficient (Wildman–Crippen LogP) is 10.6. The van der Waals surface area contributed by atoms with Crippen LogP contribution in [-0.4, -0.2) is 0 Å². The molecule has 0 unspecified atom stereocenters. The van der Waals surface area contributed by atoms with Gasteiger partial charge >= 0.3 is 0 Å². The highest BCUT2D eigenvalue weighted by molar-refractivity contribution is 6.13. The van der Waals surface area contributed by atoms with Crippen LogP contribution in [0.4, 0.5) is 8.78 Å². The second-order valence-corrected chi connectivity index (χ2v) is 13.7. The van der Waals surface area contributed by atoms with Crippen molar-refractivity contribution in [2.75, 3.05) is 0 Å². The van der Waals surface area contributed by atoms with Crippen molar-refractivity contribution < 1.29 is 17.8 Å². The van der Waals surface area contributed by atoms with E-state index < -0.39 is 0 Å². The lowest BCUT2D eigenvalue weighted by molar-refractivity contribution is -0.661. The summed E-state index contributed by atoms with van der Waals surface area (Å²) in [6, 6.07) is 25.4. The Morgan fingerprint density at radius 1 is 0.605 bits per heavy atom. The minimum atomic E-state index is -0.349. The van der Waals surface area contributed by atoms with Crippen LogP contribution in [0, 0.1) is 18.6 Å². The molecule has 4 heteroatoms. The summed E-state index contributed by atoms with van der Waals surface area (Å²) in [7, 11) is 1.92. The first-order valence-corrected chi connectivity index (χ1v) is 14.8. The van der Waals surface area contributed by atoms with Gasteiger partial charge in [0.1, 0.15) is 29.8 Å². The predicted molar refractivity (Wildman–Crippen MR) is 173 cm³/mol. The number of hydrogen-bond donors (Lipinski definition) is 0. The molecule has 0 atom stereocenters. The first-order chi connectivity index (χ1) is 20.2. The molecule has 2 nitrogen and oxygen atoms in total. The van der Waals surface area contributed by atoms with Gasteiger partial charge in [-0.05, 0) is 57.7 Å². The first kappa shape index (κ1) is 28.8. The molecule has 6 rings (SSSR count). The molecule has 218 valence electrons. The maximum atomic E-state index is 15.6. The zero-order valence-electron chi connectivity index (χ0n) is 26.2. The van der Waals surface area contributed by atoms with Crippen molar-refractivity contribution >= 4 is 21.9 Å². The fourth-order valence-electron chi connectivity index (χ4n) is 5.98. The number of hydrogen-bond acceptors (Lipinski definition) is 1. The van der Waals surface area contributed by atoms with E-state index >= 15 is 8.78 Å². The van der Waals surface area contributed by atoms with E-state index in [9.17, 15) is 0 Å². The van der Waals surface area contributed by atoms with Crippen LogP contribution in [0.25, 0.3) is 55.4 Å². The standard InChI is InChI=1S/C39H38F2NO/c1-23-9-18-28-29-19-20-31(40)35(26-12-10-24(11-13-26)25-14-16-27(17-15-25)38(2,3)4)37(29)43-36(28)34(23)33-21-32(41)30(22-42(33)8)39(5,6)7/h9-22H,1-8H3/q+1. The van der Waals surface area contributed by atoms with Crippen molar-refractivity contribution in [1.82, 2.24) is 0 Å². The molecule has 2 heterocycles. The molecular formula is C39H38F2NO+. The van der Waals surface area contributed by atoms with E-state index in [1.165, 1.54) is 11.6 Å². The summed E-state index contributed by atoms with van der Waals surface area (Å²) in [6.07, 6.45) is 1.86. The lowest BCUT2D eigenvalue weighted by Gasteiger charge is -2.19. The fraction of sp³-hybridized carbons (Fsp3) is 0.256. The van der Waals surface area contributed by atoms with E-state index in [-0.39, 0.29) is 22.5 Å². The monoisotopic (exact) mass is 574 g/mol. The van der Waals surface area contributed by atoms with Gasteiger partial charge in [0, 0.05) is 16.8 Å². The van der Waals surface area contributed by atoms with E-state index in [0.717, 1.165) is 38.6 Å². The van der Waals surface area contributed by atoms with Gasteiger partial charge in [-0.25, -0.2) is 13.3 Å². The van der Waals surface area contributed by atoms with Crippen LogP contribution in [0.1, 0.15) is 58.2 Å². The Kier molecular flexibility index (Phi) is 6.80. The van der Waals surface area contributed by atoms with Crippen LogP contribution in [0.15, 0.2) is 89.5 Å². The van der Waals surface area contributed by atoms with Gasteiger partial charge in [-0.3, -0.25) is 0 Å². The summed E-state index contributed by atoms with van der Waals surface area (Å²) in [6.45, 7) is 14.6. The maximum Gasteiger partial charge on any atom is 0.219 e. The SMILES string of the molecule is Cc1ccc2c(oc3c(-c4ccc(-c5ccc(C(C)(C)C)cc5)cc4)c(F)ccc32)c1-c1cc(F)c(C(C)(C)C)c[n+]1C. The second kappa shape index (κ2) is 10.2. The lowest BCUT2D eigenvalue weighted by atomic mass is 9.86. The van der Waals surface area contributed by atoms with Gasteiger partial charge in [-0.1, -0.05) is 102 Å². The number of aromatic nitrogens is 1. The van der Waals surface area contributed by atoms with E-state index in [0.29, 0.717) is 28.0 Å². The third-order valence-corrected chi connectivity index (χ3v) is 8.51. The van der Waals surface area contributed by atoms with Gasteiger partial charge in [0.2, 0.25) is 5.69 Å². The third kappa shape index (κ3) is 5.03. The normalized spacial score (nSPS) is 12.4. The summed E-state index contributed by atoms with van der Waals surface area (Å²) < 4.78 is 39.5. The van der Waals surface area contributed by atoms with Crippen molar-refractivity contribution in [3.8, 4) is 33.5 Å². The molecule has 0 N–H and O–H groups in total. The van der Waals surface area contributed by atoms with Crippen LogP contribution in [0.3, 0.4) is 0 Å². The van der Waals surface area contributed by atoms with Gasteiger partial charge in [0.15, 0.2) is 6.20 Å². The number of rotatable bonds is 3. The second-order valence-electron chi connectivity index (χ2n) is 13.7. The van der Waals surface area contributed by atoms with Gasteiger partial charge in [-0.2, -0.15) is 0 Å². The molecular weight excluding hydrogens is 536 g/mol. The average Bonchev–Trinajstić information content (AvgIpc) is 3.31. The molecule has 0 bridgehead atoms. The highest BCUT2D eigenvalue weighted by Crippen LogP contribution is 2.42. The largest absolute Gasteiger partial charge is 0.454 e. The van der Waals surface area contributed by atoms with Gasteiger partial charge in [0.25, 0.3) is 0 Å². The maximum absolute atomic E-state index is 15.6. The Morgan fingerprint density at radius 2 is 1.14 bits per heavy atom. The van der Waals surface area contributed by atoms with E-state index in [4.69, 9.17) is 4.42 Å². The van der Waals surface area contributed by atoms with Crippen molar-refractivity contribution in [1.29, 1.82) is 0 Å². The Balaban J connectivity index is 1.49. The number of halogens is 2. The fourth-order valence-corrected chi connectivity index (χ4v) is 5.98. The Bertz CT molecular complexity index is 2000. The van der Waals surface area contributed by atoms with Gasteiger partial charge in [0.05, 0.1) is 16.7 Å². The number of fused-ring (bicyclic) bond motifs is 3. The Labute approximate surface area is 252 Å². The first-order valence-electron chi connectivity index (χ1n) is 14.8. The van der Waals surface area contributed by atoms with Crippen molar-refractivity contribution in [3.63, 3.8) is 0 Å².